The van der Waals surface area contributed by atoms with E-state index in [2.05, 4.69) is 10.9 Å². The van der Waals surface area contributed by atoms with Gasteiger partial charge in [-0.3, -0.25) is 4.98 Å². The Bertz CT molecular complexity index is 601. The molecular formula is C14H12FNO. The molecule has 0 saturated heterocycles. The lowest BCUT2D eigenvalue weighted by molar-refractivity contribution is 0.232. The van der Waals surface area contributed by atoms with E-state index in [1.807, 2.05) is 19.1 Å². The van der Waals surface area contributed by atoms with Gasteiger partial charge in [0.15, 0.2) is 0 Å². The third kappa shape index (κ3) is 2.43. The zero-order valence-electron chi connectivity index (χ0n) is 9.44. The zero-order valence-corrected chi connectivity index (χ0v) is 9.44. The number of hydrogen-bond donors (Lipinski definition) is 1. The van der Waals surface area contributed by atoms with Crippen molar-refractivity contribution in [3.63, 3.8) is 0 Å². The minimum absolute atomic E-state index is 0.117. The third-order valence-electron chi connectivity index (χ3n) is 2.60. The van der Waals surface area contributed by atoms with Crippen molar-refractivity contribution in [2.24, 2.45) is 0 Å². The minimum atomic E-state index is -0.958. The molecule has 86 valence electrons. The summed E-state index contributed by atoms with van der Waals surface area (Å²) < 4.78 is 13.7. The summed E-state index contributed by atoms with van der Waals surface area (Å²) in [6.45, 7) is 1.85. The summed E-state index contributed by atoms with van der Waals surface area (Å²) >= 11 is 0. The predicted octanol–water partition coefficient (Wildman–Crippen LogP) is 2.22. The normalized spacial score (nSPS) is 12.4. The molecule has 17 heavy (non-hydrogen) atoms. The number of halogens is 1. The van der Waals surface area contributed by atoms with E-state index in [0.29, 0.717) is 11.1 Å². The van der Waals surface area contributed by atoms with Crippen molar-refractivity contribution in [2.45, 2.75) is 19.4 Å². The first-order chi connectivity index (χ1) is 8.10. The number of aliphatic hydroxyl groups is 1. The molecule has 0 aliphatic rings. The number of nitrogens with zero attached hydrogens (tertiary/aromatic N) is 1. The summed E-state index contributed by atoms with van der Waals surface area (Å²) in [5, 5.41) is 10.2. The van der Waals surface area contributed by atoms with Crippen LogP contribution < -0.4 is 0 Å². The van der Waals surface area contributed by atoms with Crippen LogP contribution in [0.3, 0.4) is 0 Å². The maximum Gasteiger partial charge on any atom is 0.128 e. The summed E-state index contributed by atoms with van der Waals surface area (Å²) in [6.07, 6.45) is 4.23. The molecule has 0 saturated carbocycles. The summed E-state index contributed by atoms with van der Waals surface area (Å²) in [7, 11) is 0. The van der Waals surface area contributed by atoms with Crippen LogP contribution in [-0.2, 0) is 6.42 Å². The van der Waals surface area contributed by atoms with Gasteiger partial charge in [0.25, 0.3) is 0 Å². The number of pyridine rings is 1. The van der Waals surface area contributed by atoms with Crippen molar-refractivity contribution < 1.29 is 9.50 Å². The van der Waals surface area contributed by atoms with Crippen molar-refractivity contribution in [1.82, 2.24) is 4.98 Å². The molecule has 1 atom stereocenters. The lowest BCUT2D eigenvalue weighted by Gasteiger charge is -2.07. The first-order valence-electron chi connectivity index (χ1n) is 5.30. The Labute approximate surface area is 99.1 Å². The van der Waals surface area contributed by atoms with Gasteiger partial charge in [-0.1, -0.05) is 12.0 Å². The molecule has 0 radical (unpaired) electrons. The Kier molecular flexibility index (Phi) is 3.08. The van der Waals surface area contributed by atoms with Crippen molar-refractivity contribution in [2.75, 3.05) is 0 Å². The highest BCUT2D eigenvalue weighted by Gasteiger charge is 2.09. The minimum Gasteiger partial charge on any atom is -0.380 e. The fourth-order valence-corrected chi connectivity index (χ4v) is 1.72. The van der Waals surface area contributed by atoms with Gasteiger partial charge in [-0.25, -0.2) is 4.39 Å². The molecule has 1 N–H and O–H groups in total. The molecule has 0 aliphatic heterocycles. The summed E-state index contributed by atoms with van der Waals surface area (Å²) in [5.41, 5.74) is 1.86. The van der Waals surface area contributed by atoms with Crippen molar-refractivity contribution in [1.29, 1.82) is 0 Å². The van der Waals surface area contributed by atoms with E-state index in [-0.39, 0.29) is 12.2 Å². The fourth-order valence-electron chi connectivity index (χ4n) is 1.72. The molecule has 1 aromatic heterocycles. The van der Waals surface area contributed by atoms with Gasteiger partial charge in [0.1, 0.15) is 11.9 Å². The third-order valence-corrected chi connectivity index (χ3v) is 2.60. The molecule has 3 heteroatoms. The Balaban J connectivity index is 2.49. The maximum absolute atomic E-state index is 13.7. The number of hydrogen-bond acceptors (Lipinski definition) is 2. The molecule has 0 bridgehead atoms. The lowest BCUT2D eigenvalue weighted by atomic mass is 10.0. The Morgan fingerprint density at radius 3 is 2.94 bits per heavy atom. The number of terminal acetylenes is 1. The van der Waals surface area contributed by atoms with Crippen LogP contribution in [0.25, 0.3) is 10.9 Å². The highest BCUT2D eigenvalue weighted by Crippen LogP contribution is 2.19. The van der Waals surface area contributed by atoms with Gasteiger partial charge in [0, 0.05) is 23.6 Å². The highest BCUT2D eigenvalue weighted by atomic mass is 19.1. The second-order valence-corrected chi connectivity index (χ2v) is 3.98. The number of fused-ring (bicyclic) bond motifs is 1. The number of benzene rings is 1. The number of aliphatic hydroxyl groups excluding tert-OH is 1. The van der Waals surface area contributed by atoms with Gasteiger partial charge >= 0.3 is 0 Å². The quantitative estimate of drug-likeness (QED) is 0.801. The molecular weight excluding hydrogens is 217 g/mol. The summed E-state index contributed by atoms with van der Waals surface area (Å²) in [4.78, 5) is 4.23. The molecule has 0 aliphatic carbocycles. The second-order valence-electron chi connectivity index (χ2n) is 3.98. The van der Waals surface area contributed by atoms with E-state index in [9.17, 15) is 9.50 Å². The van der Waals surface area contributed by atoms with E-state index in [0.717, 1.165) is 11.1 Å². The van der Waals surface area contributed by atoms with Gasteiger partial charge in [-0.15, -0.1) is 6.42 Å². The number of rotatable bonds is 2. The monoisotopic (exact) mass is 229 g/mol. The summed E-state index contributed by atoms with van der Waals surface area (Å²) in [5.74, 6) is 1.79. The second kappa shape index (κ2) is 4.52. The van der Waals surface area contributed by atoms with Crippen LogP contribution in [-0.4, -0.2) is 16.2 Å². The smallest absolute Gasteiger partial charge is 0.128 e. The molecule has 2 rings (SSSR count). The molecule has 0 amide bonds. The van der Waals surface area contributed by atoms with E-state index in [1.54, 1.807) is 6.07 Å². The zero-order chi connectivity index (χ0) is 12.4. The number of aromatic nitrogens is 1. The maximum atomic E-state index is 13.7. The standard InChI is InChI=1S/C14H12FNO/c1-3-12(17)7-11-6-10-5-4-9(2)16-14(10)8-13(11)15/h1,4-6,8,12,17H,7H2,2H3. The Morgan fingerprint density at radius 1 is 1.47 bits per heavy atom. The SMILES string of the molecule is C#CC(O)Cc1cc2ccc(C)nc2cc1F. The Hall–Kier alpha value is -1.92. The van der Waals surface area contributed by atoms with E-state index >= 15 is 0 Å². The van der Waals surface area contributed by atoms with E-state index < -0.39 is 6.10 Å². The van der Waals surface area contributed by atoms with Crippen LogP contribution in [0, 0.1) is 25.1 Å². The van der Waals surface area contributed by atoms with Crippen LogP contribution in [0.4, 0.5) is 4.39 Å². The Morgan fingerprint density at radius 2 is 2.24 bits per heavy atom. The first kappa shape index (κ1) is 11.6. The fraction of sp³-hybridized carbons (Fsp3) is 0.214. The number of aryl methyl sites for hydroxylation is 1. The van der Waals surface area contributed by atoms with Crippen LogP contribution in [0.1, 0.15) is 11.3 Å². The first-order valence-corrected chi connectivity index (χ1v) is 5.30. The van der Waals surface area contributed by atoms with Crippen LogP contribution in [0.15, 0.2) is 24.3 Å². The van der Waals surface area contributed by atoms with Crippen molar-refractivity contribution in [3.05, 3.63) is 41.3 Å². The molecule has 1 heterocycles. The van der Waals surface area contributed by atoms with Crippen LogP contribution in [0.2, 0.25) is 0 Å². The molecule has 2 nitrogen and oxygen atoms in total. The highest BCUT2D eigenvalue weighted by molar-refractivity contribution is 5.79. The van der Waals surface area contributed by atoms with Gasteiger partial charge < -0.3 is 5.11 Å². The largest absolute Gasteiger partial charge is 0.380 e. The van der Waals surface area contributed by atoms with E-state index in [1.165, 1.54) is 6.07 Å². The molecule has 0 fully saturated rings. The molecule has 1 aromatic carbocycles. The average Bonchev–Trinajstić information content (AvgIpc) is 2.30. The lowest BCUT2D eigenvalue weighted by Crippen LogP contribution is -2.08. The topological polar surface area (TPSA) is 33.1 Å². The molecule has 0 spiro atoms. The van der Waals surface area contributed by atoms with Crippen molar-refractivity contribution >= 4 is 10.9 Å². The predicted molar refractivity (Wildman–Crippen MR) is 65.0 cm³/mol. The van der Waals surface area contributed by atoms with Gasteiger partial charge in [0.2, 0.25) is 0 Å². The van der Waals surface area contributed by atoms with Gasteiger partial charge in [-0.05, 0) is 24.6 Å². The van der Waals surface area contributed by atoms with Crippen molar-refractivity contribution in [3.8, 4) is 12.3 Å². The summed E-state index contributed by atoms with van der Waals surface area (Å²) in [6, 6.07) is 6.79. The average molecular weight is 229 g/mol. The van der Waals surface area contributed by atoms with Gasteiger partial charge in [0.05, 0.1) is 5.52 Å². The van der Waals surface area contributed by atoms with E-state index in [4.69, 9.17) is 6.42 Å². The molecule has 1 unspecified atom stereocenters. The van der Waals surface area contributed by atoms with Gasteiger partial charge in [-0.2, -0.15) is 0 Å². The van der Waals surface area contributed by atoms with Crippen LogP contribution in [0.5, 0.6) is 0 Å². The van der Waals surface area contributed by atoms with Crippen LogP contribution >= 0.6 is 0 Å². The molecule has 2 aromatic rings.